The van der Waals surface area contributed by atoms with Gasteiger partial charge in [0.15, 0.2) is 0 Å². The van der Waals surface area contributed by atoms with Gasteiger partial charge >= 0.3 is 41.5 Å². The van der Waals surface area contributed by atoms with E-state index in [2.05, 4.69) is 101 Å². The zero-order valence-electron chi connectivity index (χ0n) is 74.4. The van der Waals surface area contributed by atoms with Crippen molar-refractivity contribution in [3.63, 3.8) is 0 Å². The summed E-state index contributed by atoms with van der Waals surface area (Å²) < 4.78 is 164. The molecule has 0 radical (unpaired) electrons. The molecule has 0 aliphatic carbocycles. The summed E-state index contributed by atoms with van der Waals surface area (Å²) in [7, 11) is 1.72. The van der Waals surface area contributed by atoms with Crippen LogP contribution in [0.1, 0.15) is 69.6 Å². The van der Waals surface area contributed by atoms with Crippen LogP contribution in [-0.4, -0.2) is 141 Å². The Morgan fingerprint density at radius 1 is 0.391 bits per heavy atom. The molecule has 1 saturated heterocycles. The summed E-state index contributed by atoms with van der Waals surface area (Å²) in [6.07, 6.45) is 3.57. The first kappa shape index (κ1) is 91.6. The third-order valence-corrected chi connectivity index (χ3v) is 27.2. The molecule has 0 unspecified atom stereocenters. The molecule has 0 bridgehead atoms. The maximum Gasteiger partial charge on any atom is 0.362 e. The number of ether oxygens (including phenoxy) is 1. The lowest BCUT2D eigenvalue weighted by Crippen LogP contribution is -2.44. The number of rotatable bonds is 13. The number of benzene rings is 13. The predicted octanol–water partition coefficient (Wildman–Crippen LogP) is 9.59. The number of aromatic nitrogens is 1. The highest BCUT2D eigenvalue weighted by Gasteiger charge is 2.39. The van der Waals surface area contributed by atoms with Crippen molar-refractivity contribution >= 4 is 141 Å². The van der Waals surface area contributed by atoms with Gasteiger partial charge in [-0.05, 0) is 248 Å². The van der Waals surface area contributed by atoms with Crippen LogP contribution >= 0.6 is 0 Å². The van der Waals surface area contributed by atoms with Crippen molar-refractivity contribution in [2.24, 2.45) is 4.99 Å². The van der Waals surface area contributed by atoms with E-state index in [4.69, 9.17) is 37.1 Å². The summed E-state index contributed by atoms with van der Waals surface area (Å²) >= 11 is 0. The lowest BCUT2D eigenvalue weighted by atomic mass is 9.41. The molecule has 13 aromatic carbocycles. The second-order valence-electron chi connectivity index (χ2n) is 35.5. The van der Waals surface area contributed by atoms with E-state index in [1.165, 1.54) is 101 Å². The Labute approximate surface area is 773 Å². The van der Waals surface area contributed by atoms with Crippen LogP contribution in [0, 0.1) is 47.6 Å². The fourth-order valence-electron chi connectivity index (χ4n) is 18.4. The number of aryl methyl sites for hydroxylation is 2. The van der Waals surface area contributed by atoms with Crippen LogP contribution in [0.4, 0.5) is 30.7 Å². The molecular formula is C103H93B7F7N5O10S. The van der Waals surface area contributed by atoms with Crippen LogP contribution in [0.5, 0.6) is 0 Å². The minimum atomic E-state index is -3.44. The van der Waals surface area contributed by atoms with Gasteiger partial charge in [-0.2, -0.15) is 0 Å². The van der Waals surface area contributed by atoms with Gasteiger partial charge in [0, 0.05) is 57.9 Å². The molecule has 0 atom stereocenters. The molecule has 1 fully saturated rings. The SMILES string of the molecule is CC1(C)COC(c2cccc(B3OCc4cc(F)ccc43)c2)=N1.CN(C)S(=O)(=O)c1ccc(B2OCc3cc(F)ccc32)cc1.CN1CCN(Cc2cccc(B3OCc4cc(F)ccc43)c2)CC1.Cc1coc(-c2cccc(B3OCc4cc(F)ccc43)c2)n1.Fc1ccc(B2OCc3ccccc32)cc1.Fc1ccc2c(c1)CCB2c1ccc(B2OCc3cc(F)ccc32)cc1. The third kappa shape index (κ3) is 21.0. The highest BCUT2D eigenvalue weighted by Crippen LogP contribution is 2.26. The van der Waals surface area contributed by atoms with Crippen LogP contribution in [0.25, 0.3) is 11.5 Å². The minimum absolute atomic E-state index is 0.0446. The molecule has 0 saturated carbocycles. The Morgan fingerprint density at radius 3 is 1.23 bits per heavy atom. The predicted molar refractivity (Wildman–Crippen MR) is 516 cm³/mol. The van der Waals surface area contributed by atoms with Gasteiger partial charge in [0.05, 0.1) is 55.8 Å². The number of hydrogen-bond acceptors (Lipinski definition) is 14. The number of oxazole rings is 1. The standard InChI is InChI=1S/C21H16B2F2O.C19H22BFN2O.C18H17BFNO2.C17H13BFNO2.C15H15BFNO3S.C13H10BFO/c24-18-5-7-20-14(11-18)9-10-22(20)16-1-3-17(4-2-16)23-21-8-6-19(25)12-15(21)13-26-23;1-22-7-9-23(10-8-22)13-15-3-2-4-17(11-15)20-19-6-5-18(21)12-16(19)14-24-20;1-18(2)11-22-17(21-18)12-4-3-5-14(8-12)19-16-7-6-15(20)9-13(16)10-23-19;1-11-9-21-17(20-11)12-3-2-4-14(7-12)18-16-6-5-15(19)8-13(16)10-22-18;1-18(2)22(19,20)14-6-3-12(4-7-14)16-15-8-5-13(17)9-11(15)10-21-16;15-12-7-5-11(6-8-12)14-13-4-2-1-3-10(13)9-16-14/h1-8,11-12H,9-10,13H2;2-6,11-12H,7-10,13-14H2,1H3;3-9H,10-11H2,1-2H3;2-9H,10H2,1H3;3-9H,10H2,1-2H3;1-8H,9H2. The molecule has 14 aromatic rings. The number of nitrogens with zero attached hydrogens (tertiary/aromatic N) is 5. The average Bonchev–Trinajstić information content (AvgIpc) is 1.70. The maximum absolute atomic E-state index is 13.4. The van der Waals surface area contributed by atoms with Crippen LogP contribution < -0.4 is 76.5 Å². The maximum atomic E-state index is 13.4. The number of hydrogen-bond donors (Lipinski definition) is 0. The van der Waals surface area contributed by atoms with E-state index in [9.17, 15) is 39.2 Å². The quantitative estimate of drug-likeness (QED) is 0.0799. The molecule has 666 valence electrons. The van der Waals surface area contributed by atoms with E-state index in [1.807, 2.05) is 91.9 Å². The molecular weight excluding hydrogens is 1710 g/mol. The van der Waals surface area contributed by atoms with Crippen molar-refractivity contribution in [2.45, 2.75) is 90.1 Å². The highest BCUT2D eigenvalue weighted by molar-refractivity contribution is 7.89. The highest BCUT2D eigenvalue weighted by atomic mass is 32.2. The average molecular weight is 1800 g/mol. The van der Waals surface area contributed by atoms with Crippen LogP contribution in [0.3, 0.4) is 0 Å². The summed E-state index contributed by atoms with van der Waals surface area (Å²) in [4.78, 5) is 14.1. The summed E-state index contributed by atoms with van der Waals surface area (Å²) in [5.41, 5.74) is 25.6. The van der Waals surface area contributed by atoms with E-state index in [-0.39, 0.29) is 92.6 Å². The van der Waals surface area contributed by atoms with Gasteiger partial charge in [-0.25, -0.2) is 53.4 Å². The van der Waals surface area contributed by atoms with E-state index >= 15 is 0 Å². The molecule has 23 rings (SSSR count). The summed E-state index contributed by atoms with van der Waals surface area (Å²) in [6, 6.07) is 83.5. The van der Waals surface area contributed by atoms with Gasteiger partial charge in [-0.3, -0.25) is 4.90 Å². The molecule has 133 heavy (non-hydrogen) atoms. The molecule has 9 aliphatic heterocycles. The number of halogens is 7. The van der Waals surface area contributed by atoms with Gasteiger partial charge < -0.3 is 42.0 Å². The van der Waals surface area contributed by atoms with Crippen LogP contribution in [0.2, 0.25) is 6.32 Å². The van der Waals surface area contributed by atoms with Gasteiger partial charge in [-0.15, -0.1) is 0 Å². The van der Waals surface area contributed by atoms with E-state index in [0.717, 1.165) is 156 Å². The molecule has 15 nitrogen and oxygen atoms in total. The molecule has 0 N–H and O–H groups in total. The molecule has 10 heterocycles. The first-order valence-electron chi connectivity index (χ1n) is 44.5. The van der Waals surface area contributed by atoms with Crippen molar-refractivity contribution in [2.75, 3.05) is 53.9 Å². The molecule has 0 amide bonds. The van der Waals surface area contributed by atoms with Crippen molar-refractivity contribution in [3.8, 4) is 11.5 Å². The number of piperazine rings is 1. The summed E-state index contributed by atoms with van der Waals surface area (Å²) in [6.45, 7) is 14.3. The zero-order chi connectivity index (χ0) is 92.2. The summed E-state index contributed by atoms with van der Waals surface area (Å²) in [5.74, 6) is -0.254. The molecule has 9 aliphatic rings. The first-order valence-corrected chi connectivity index (χ1v) is 46.0. The lowest BCUT2D eigenvalue weighted by molar-refractivity contribution is 0.148. The second kappa shape index (κ2) is 40.1. The number of fused-ring (bicyclic) bond motifs is 7. The molecule has 30 heteroatoms. The van der Waals surface area contributed by atoms with Crippen molar-refractivity contribution in [3.05, 3.63) is 382 Å². The summed E-state index contributed by atoms with van der Waals surface area (Å²) in [5, 5.41) is 0. The Balaban J connectivity index is 0.000000107. The monoisotopic (exact) mass is 1800 g/mol. The molecule has 1 aromatic heterocycles. The van der Waals surface area contributed by atoms with Gasteiger partial charge in [0.25, 0.3) is 0 Å². The van der Waals surface area contributed by atoms with E-state index in [1.54, 1.807) is 85.1 Å². The largest absolute Gasteiger partial charge is 0.475 e. The van der Waals surface area contributed by atoms with Crippen molar-refractivity contribution in [1.29, 1.82) is 0 Å². The van der Waals surface area contributed by atoms with E-state index in [0.29, 0.717) is 64.7 Å². The van der Waals surface area contributed by atoms with E-state index < -0.39 is 10.0 Å². The van der Waals surface area contributed by atoms with Crippen LogP contribution in [-0.2, 0) is 95.3 Å². The second-order valence-corrected chi connectivity index (χ2v) is 37.6. The number of aliphatic imine (C=N–C) groups is 1. The van der Waals surface area contributed by atoms with Gasteiger partial charge in [-0.1, -0.05) is 193 Å². The topological polar surface area (TPSA) is 147 Å². The first-order chi connectivity index (χ1) is 64.3. The fraction of sp³-hybridized carbons (Fsp3) is 0.204. The zero-order valence-corrected chi connectivity index (χ0v) is 75.3. The van der Waals surface area contributed by atoms with Crippen molar-refractivity contribution < 1.29 is 76.2 Å². The number of sulfonamides is 1. The normalized spacial score (nSPS) is 15.9. The molecule has 0 spiro atoms. The van der Waals surface area contributed by atoms with Crippen LogP contribution in [0.15, 0.2) is 300 Å². The van der Waals surface area contributed by atoms with Gasteiger partial charge in [0.1, 0.15) is 53.6 Å². The third-order valence-electron chi connectivity index (χ3n) is 25.4. The Hall–Kier alpha value is -11.9. The minimum Gasteiger partial charge on any atom is -0.475 e. The Morgan fingerprint density at radius 2 is 0.774 bits per heavy atom. The fourth-order valence-corrected chi connectivity index (χ4v) is 19.3. The Bertz CT molecular complexity index is 6670. The lowest BCUT2D eigenvalue weighted by Gasteiger charge is -2.32. The van der Waals surface area contributed by atoms with Crippen molar-refractivity contribution in [1.82, 2.24) is 19.1 Å². The number of likely N-dealkylation sites (N-methyl/N-ethyl adjacent to an activating group) is 1. The van der Waals surface area contributed by atoms with Gasteiger partial charge in [0.2, 0.25) is 28.5 Å². The Kier molecular flexibility index (Phi) is 27.6. The smallest absolute Gasteiger partial charge is 0.362 e.